The lowest BCUT2D eigenvalue weighted by Gasteiger charge is -2.07. The molecule has 0 aliphatic heterocycles. The number of rotatable bonds is 13. The van der Waals surface area contributed by atoms with Crippen LogP contribution in [-0.4, -0.2) is 70.5 Å². The summed E-state index contributed by atoms with van der Waals surface area (Å²) in [4.78, 5) is 44.4. The minimum atomic E-state index is -4.45. The zero-order chi connectivity index (χ0) is 24.7. The maximum absolute atomic E-state index is 12.1. The summed E-state index contributed by atoms with van der Waals surface area (Å²) in [5.74, 6) is -1.93. The minimum absolute atomic E-state index is 0.0858. The van der Waals surface area contributed by atoms with Crippen molar-refractivity contribution in [3.05, 3.63) is 24.4 Å². The van der Waals surface area contributed by atoms with Crippen LogP contribution in [0, 0.1) is 0 Å². The Morgan fingerprint density at radius 1 is 1.27 bits per heavy atom. The van der Waals surface area contributed by atoms with Gasteiger partial charge in [-0.3, -0.25) is 4.79 Å². The van der Waals surface area contributed by atoms with Crippen molar-refractivity contribution in [3.8, 4) is 0 Å². The van der Waals surface area contributed by atoms with Gasteiger partial charge in [0.15, 0.2) is 11.1 Å². The fourth-order valence-corrected chi connectivity index (χ4v) is 2.82. The van der Waals surface area contributed by atoms with Gasteiger partial charge in [-0.15, -0.1) is 0 Å². The highest BCUT2D eigenvalue weighted by atomic mass is 32.2. The largest absolute Gasteiger partial charge is 0.478 e. The van der Waals surface area contributed by atoms with E-state index in [4.69, 9.17) is 15.6 Å². The summed E-state index contributed by atoms with van der Waals surface area (Å²) in [7, 11) is 0. The molecule has 1 aromatic rings. The number of carbonyl (C=O) groups excluding carboxylic acids is 2. The number of nitrogens with zero attached hydrogens (tertiary/aromatic N) is 3. The quantitative estimate of drug-likeness (QED) is 0.0599. The minimum Gasteiger partial charge on any atom is -0.478 e. The van der Waals surface area contributed by atoms with Crippen molar-refractivity contribution in [2.45, 2.75) is 30.6 Å². The molecule has 5 N–H and O–H groups in total. The molecule has 1 heterocycles. The molecule has 0 aliphatic carbocycles. The van der Waals surface area contributed by atoms with Crippen LogP contribution < -0.4 is 16.4 Å². The first-order chi connectivity index (χ1) is 15.5. The fraction of sp³-hybridized carbons (Fsp3) is 0.444. The van der Waals surface area contributed by atoms with Crippen LogP contribution in [0.25, 0.3) is 0 Å². The number of aliphatic carboxylic acids is 1. The molecule has 0 unspecified atom stereocenters. The van der Waals surface area contributed by atoms with E-state index >= 15 is 0 Å². The van der Waals surface area contributed by atoms with E-state index in [9.17, 15) is 27.6 Å². The number of carbonyl (C=O) groups is 3. The van der Waals surface area contributed by atoms with E-state index in [1.54, 1.807) is 0 Å². The van der Waals surface area contributed by atoms with Crippen molar-refractivity contribution < 1.29 is 37.4 Å². The number of hydrogen-bond donors (Lipinski definition) is 4. The van der Waals surface area contributed by atoms with Crippen LogP contribution in [0.1, 0.15) is 19.3 Å². The van der Waals surface area contributed by atoms with Crippen LogP contribution in [-0.2, 0) is 19.1 Å². The van der Waals surface area contributed by atoms with E-state index in [0.29, 0.717) is 29.8 Å². The Balaban J connectivity index is 2.21. The number of aromatic nitrogens is 2. The predicted molar refractivity (Wildman–Crippen MR) is 114 cm³/mol. The van der Waals surface area contributed by atoms with E-state index in [2.05, 4.69) is 25.6 Å². The van der Waals surface area contributed by atoms with E-state index in [1.165, 1.54) is 24.0 Å². The van der Waals surface area contributed by atoms with Gasteiger partial charge in [0.25, 0.3) is 0 Å². The maximum Gasteiger partial charge on any atom is 0.408 e. The Hall–Kier alpha value is -3.36. The summed E-state index contributed by atoms with van der Waals surface area (Å²) in [6.45, 7) is -1.39. The van der Waals surface area contributed by atoms with Gasteiger partial charge < -0.3 is 26.2 Å². The lowest BCUT2D eigenvalue weighted by Crippen LogP contribution is -2.27. The van der Waals surface area contributed by atoms with Crippen LogP contribution in [0.3, 0.4) is 0 Å². The van der Waals surface area contributed by atoms with Crippen molar-refractivity contribution in [1.29, 1.82) is 0 Å². The molecule has 182 valence electrons. The number of ether oxygens (including phenoxy) is 1. The van der Waals surface area contributed by atoms with Crippen molar-refractivity contribution in [2.75, 3.05) is 30.8 Å². The number of anilines is 1. The Morgan fingerprint density at radius 2 is 2.03 bits per heavy atom. The molecule has 0 bridgehead atoms. The summed E-state index contributed by atoms with van der Waals surface area (Å²) in [5.41, 5.74) is 5.40. The van der Waals surface area contributed by atoms with Crippen molar-refractivity contribution in [1.82, 2.24) is 15.3 Å². The predicted octanol–water partition coefficient (Wildman–Crippen LogP) is 1.33. The van der Waals surface area contributed by atoms with Crippen LogP contribution >= 0.6 is 11.8 Å². The molecular formula is C18H23F3N6O5S. The molecule has 0 saturated carbocycles. The van der Waals surface area contributed by atoms with Crippen molar-refractivity contribution >= 4 is 41.4 Å². The van der Waals surface area contributed by atoms with Gasteiger partial charge in [-0.1, -0.05) is 11.8 Å². The number of carboxylic acid groups (broad SMARTS) is 1. The van der Waals surface area contributed by atoms with Gasteiger partial charge in [0.2, 0.25) is 5.91 Å². The summed E-state index contributed by atoms with van der Waals surface area (Å²) >= 11 is 1.30. The van der Waals surface area contributed by atoms with E-state index < -0.39 is 30.6 Å². The molecule has 11 nitrogen and oxygen atoms in total. The molecule has 1 amide bonds. The number of thioether (sulfide) groups is 1. The SMILES string of the molecule is NC(=NCC(F)(F)F)Nc1ccnc(SCCCCC(=O)NCCOC(=O)/C=C\C(=O)O)n1. The number of nitrogens with one attached hydrogen (secondary N) is 2. The summed E-state index contributed by atoms with van der Waals surface area (Å²) in [6.07, 6.45) is -0.108. The standard InChI is InChI=1S/C18H23F3N6O5S/c19-18(20,21)11-25-16(22)26-12-6-7-24-17(27-12)33-10-2-1-3-13(28)23-8-9-32-15(31)5-4-14(29)30/h4-7H,1-3,8-11H2,(H,23,28)(H,29,30)(H3,22,24,25,26,27)/b5-4-. The molecule has 1 rings (SSSR count). The van der Waals surface area contributed by atoms with Gasteiger partial charge in [-0.05, 0) is 18.9 Å². The average molecular weight is 492 g/mol. The number of aliphatic imine (C=N–C) groups is 1. The average Bonchev–Trinajstić information content (AvgIpc) is 2.73. The van der Waals surface area contributed by atoms with Gasteiger partial charge in [0, 0.05) is 30.5 Å². The van der Waals surface area contributed by atoms with Crippen LogP contribution in [0.15, 0.2) is 34.6 Å². The summed E-state index contributed by atoms with van der Waals surface area (Å²) < 4.78 is 41.1. The highest BCUT2D eigenvalue weighted by Gasteiger charge is 2.26. The lowest BCUT2D eigenvalue weighted by molar-refractivity contribution is -0.139. The third kappa shape index (κ3) is 15.1. The Morgan fingerprint density at radius 3 is 2.73 bits per heavy atom. The first kappa shape index (κ1) is 27.7. The third-order valence-electron chi connectivity index (χ3n) is 3.38. The Kier molecular flexibility index (Phi) is 12.3. The third-order valence-corrected chi connectivity index (χ3v) is 4.33. The van der Waals surface area contributed by atoms with Crippen LogP contribution in [0.2, 0.25) is 0 Å². The topological polar surface area (TPSA) is 169 Å². The summed E-state index contributed by atoms with van der Waals surface area (Å²) in [6, 6.07) is 1.43. The highest BCUT2D eigenvalue weighted by molar-refractivity contribution is 7.99. The van der Waals surface area contributed by atoms with Crippen LogP contribution in [0.5, 0.6) is 0 Å². The number of esters is 1. The summed E-state index contributed by atoms with van der Waals surface area (Å²) in [5, 5.41) is 13.8. The Labute approximate surface area is 191 Å². The molecule has 0 atom stereocenters. The number of guanidine groups is 1. The number of alkyl halides is 3. The number of amides is 1. The normalized spacial score (nSPS) is 11.9. The zero-order valence-electron chi connectivity index (χ0n) is 17.3. The molecule has 0 fully saturated rings. The first-order valence-electron chi connectivity index (χ1n) is 9.49. The van der Waals surface area contributed by atoms with Crippen molar-refractivity contribution in [2.24, 2.45) is 10.7 Å². The molecule has 15 heteroatoms. The first-order valence-corrected chi connectivity index (χ1v) is 10.5. The second-order valence-corrected chi connectivity index (χ2v) is 7.22. The zero-order valence-corrected chi connectivity index (χ0v) is 18.1. The van der Waals surface area contributed by atoms with Gasteiger partial charge in [0.1, 0.15) is 19.0 Å². The number of halogens is 3. The smallest absolute Gasteiger partial charge is 0.408 e. The van der Waals surface area contributed by atoms with Gasteiger partial charge in [-0.2, -0.15) is 13.2 Å². The Bertz CT molecular complexity index is 866. The molecule has 0 aromatic carbocycles. The number of nitrogens with two attached hydrogens (primary N) is 1. The van der Waals surface area contributed by atoms with Gasteiger partial charge in [-0.25, -0.2) is 24.5 Å². The monoisotopic (exact) mass is 492 g/mol. The molecule has 0 spiro atoms. The molecular weight excluding hydrogens is 469 g/mol. The van der Waals surface area contributed by atoms with Gasteiger partial charge in [0.05, 0.1) is 6.54 Å². The number of carboxylic acids is 1. The van der Waals surface area contributed by atoms with E-state index in [0.717, 1.165) is 6.08 Å². The van der Waals surface area contributed by atoms with Gasteiger partial charge >= 0.3 is 18.1 Å². The lowest BCUT2D eigenvalue weighted by atomic mass is 10.2. The second kappa shape index (κ2) is 14.7. The molecule has 0 aliphatic rings. The molecule has 1 aromatic heterocycles. The molecule has 0 radical (unpaired) electrons. The van der Waals surface area contributed by atoms with E-state index in [1.807, 2.05) is 0 Å². The van der Waals surface area contributed by atoms with Crippen LogP contribution in [0.4, 0.5) is 19.0 Å². The van der Waals surface area contributed by atoms with Crippen molar-refractivity contribution in [3.63, 3.8) is 0 Å². The number of hydrogen-bond acceptors (Lipinski definition) is 8. The molecule has 0 saturated heterocycles. The number of unbranched alkanes of at least 4 members (excludes halogenated alkanes) is 1. The fourth-order valence-electron chi connectivity index (χ4n) is 1.99. The highest BCUT2D eigenvalue weighted by Crippen LogP contribution is 2.17. The maximum atomic E-state index is 12.1. The molecule has 33 heavy (non-hydrogen) atoms. The van der Waals surface area contributed by atoms with E-state index in [-0.39, 0.29) is 31.3 Å². The second-order valence-electron chi connectivity index (χ2n) is 6.16.